The molecule has 1 unspecified atom stereocenters. The van der Waals surface area contributed by atoms with Crippen LogP contribution in [0.1, 0.15) is 45.2 Å². The average Bonchev–Trinajstić information content (AvgIpc) is 2.40. The van der Waals surface area contributed by atoms with E-state index in [1.54, 1.807) is 0 Å². The molecule has 0 N–H and O–H groups in total. The van der Waals surface area contributed by atoms with Crippen LogP contribution in [0.3, 0.4) is 0 Å². The highest BCUT2D eigenvalue weighted by Gasteiger charge is 2.33. The molecule has 0 heterocycles. The van der Waals surface area contributed by atoms with Crippen molar-refractivity contribution >= 4 is 0 Å². The number of ether oxygens (including phenoxy) is 1. The fraction of sp³-hybridized carbons (Fsp3) is 0.444. The Morgan fingerprint density at radius 3 is 2.42 bits per heavy atom. The molecule has 1 aromatic carbocycles. The van der Waals surface area contributed by atoms with Crippen LogP contribution in [0.4, 0.5) is 0 Å². The molecule has 1 nitrogen and oxygen atoms in total. The first-order valence-corrected chi connectivity index (χ1v) is 6.95. The largest absolute Gasteiger partial charge is 0.497 e. The molecule has 1 aromatic rings. The molecular formula is C18H26O. The van der Waals surface area contributed by atoms with Crippen LogP contribution >= 0.6 is 0 Å². The zero-order chi connectivity index (χ0) is 14.5. The SMILES string of the molecule is C=C(C)C(CC)(COC(C)=CC)c1ccccc1C. The van der Waals surface area contributed by atoms with Gasteiger partial charge in [0.15, 0.2) is 0 Å². The predicted molar refractivity (Wildman–Crippen MR) is 83.3 cm³/mol. The van der Waals surface area contributed by atoms with Crippen LogP contribution < -0.4 is 0 Å². The summed E-state index contributed by atoms with van der Waals surface area (Å²) in [5.74, 6) is 0.965. The molecule has 0 radical (unpaired) electrons. The zero-order valence-electron chi connectivity index (χ0n) is 12.9. The lowest BCUT2D eigenvalue weighted by atomic mass is 9.72. The lowest BCUT2D eigenvalue weighted by Gasteiger charge is -2.35. The summed E-state index contributed by atoms with van der Waals surface area (Å²) >= 11 is 0. The number of allylic oxidation sites excluding steroid dienone is 2. The minimum absolute atomic E-state index is 0.102. The maximum atomic E-state index is 5.92. The molecule has 0 aromatic heterocycles. The van der Waals surface area contributed by atoms with E-state index in [1.807, 2.05) is 19.9 Å². The number of aryl methyl sites for hydroxylation is 1. The normalized spacial score (nSPS) is 14.9. The van der Waals surface area contributed by atoms with Crippen LogP contribution in [0.25, 0.3) is 0 Å². The van der Waals surface area contributed by atoms with Gasteiger partial charge in [-0.3, -0.25) is 0 Å². The Labute approximate surface area is 118 Å². The Balaban J connectivity index is 3.20. The molecule has 0 fully saturated rings. The van der Waals surface area contributed by atoms with Crippen LogP contribution in [-0.4, -0.2) is 6.61 Å². The van der Waals surface area contributed by atoms with Gasteiger partial charge < -0.3 is 4.74 Å². The molecule has 0 aliphatic carbocycles. The van der Waals surface area contributed by atoms with Crippen molar-refractivity contribution < 1.29 is 4.74 Å². The minimum atomic E-state index is -0.102. The third-order valence-corrected chi connectivity index (χ3v) is 4.03. The van der Waals surface area contributed by atoms with Gasteiger partial charge in [-0.2, -0.15) is 0 Å². The fourth-order valence-electron chi connectivity index (χ4n) is 2.46. The summed E-state index contributed by atoms with van der Waals surface area (Å²) in [5, 5.41) is 0. The smallest absolute Gasteiger partial charge is 0.101 e. The topological polar surface area (TPSA) is 9.23 Å². The molecule has 1 heteroatoms. The van der Waals surface area contributed by atoms with Gasteiger partial charge in [-0.1, -0.05) is 49.4 Å². The molecule has 0 saturated heterocycles. The molecule has 0 saturated carbocycles. The summed E-state index contributed by atoms with van der Waals surface area (Å²) < 4.78 is 5.92. The van der Waals surface area contributed by atoms with E-state index in [9.17, 15) is 0 Å². The standard InChI is InChI=1S/C18H26O/c1-7-16(6)19-13-18(8-2,14(3)4)17-12-10-9-11-15(17)5/h7,9-12H,3,8,13H2,1-2,4-6H3. The average molecular weight is 258 g/mol. The van der Waals surface area contributed by atoms with Crippen molar-refractivity contribution in [1.29, 1.82) is 0 Å². The van der Waals surface area contributed by atoms with E-state index in [4.69, 9.17) is 4.74 Å². The van der Waals surface area contributed by atoms with Gasteiger partial charge in [-0.25, -0.2) is 0 Å². The Morgan fingerprint density at radius 2 is 1.95 bits per heavy atom. The van der Waals surface area contributed by atoms with Crippen molar-refractivity contribution in [2.75, 3.05) is 6.61 Å². The summed E-state index contributed by atoms with van der Waals surface area (Å²) in [7, 11) is 0. The summed E-state index contributed by atoms with van der Waals surface area (Å²) in [6, 6.07) is 8.53. The van der Waals surface area contributed by atoms with Crippen molar-refractivity contribution in [1.82, 2.24) is 0 Å². The van der Waals surface area contributed by atoms with Crippen molar-refractivity contribution in [2.24, 2.45) is 0 Å². The highest BCUT2D eigenvalue weighted by Crippen LogP contribution is 2.37. The molecular weight excluding hydrogens is 232 g/mol. The Morgan fingerprint density at radius 1 is 1.32 bits per heavy atom. The van der Waals surface area contributed by atoms with E-state index >= 15 is 0 Å². The van der Waals surface area contributed by atoms with Crippen LogP contribution in [0.5, 0.6) is 0 Å². The first-order chi connectivity index (χ1) is 8.97. The lowest BCUT2D eigenvalue weighted by Crippen LogP contribution is -2.33. The van der Waals surface area contributed by atoms with Crippen LogP contribution in [-0.2, 0) is 10.2 Å². The second-order valence-electron chi connectivity index (χ2n) is 5.22. The molecule has 1 rings (SSSR count). The second-order valence-corrected chi connectivity index (χ2v) is 5.22. The summed E-state index contributed by atoms with van der Waals surface area (Å²) in [4.78, 5) is 0. The monoisotopic (exact) mass is 258 g/mol. The van der Waals surface area contributed by atoms with Gasteiger partial charge in [-0.05, 0) is 45.2 Å². The number of benzene rings is 1. The third-order valence-electron chi connectivity index (χ3n) is 4.03. The van der Waals surface area contributed by atoms with E-state index in [2.05, 4.69) is 51.6 Å². The van der Waals surface area contributed by atoms with Gasteiger partial charge in [0.05, 0.1) is 5.76 Å². The van der Waals surface area contributed by atoms with E-state index in [0.29, 0.717) is 6.61 Å². The van der Waals surface area contributed by atoms with Crippen LogP contribution in [0.2, 0.25) is 0 Å². The first-order valence-electron chi connectivity index (χ1n) is 6.95. The maximum Gasteiger partial charge on any atom is 0.101 e. The second kappa shape index (κ2) is 6.60. The molecule has 0 amide bonds. The van der Waals surface area contributed by atoms with E-state index in [-0.39, 0.29) is 5.41 Å². The maximum absolute atomic E-state index is 5.92. The third kappa shape index (κ3) is 3.28. The van der Waals surface area contributed by atoms with Crippen molar-refractivity contribution in [3.8, 4) is 0 Å². The number of hydrogen-bond donors (Lipinski definition) is 0. The molecule has 0 bridgehead atoms. The van der Waals surface area contributed by atoms with Crippen molar-refractivity contribution in [3.63, 3.8) is 0 Å². The number of rotatable bonds is 6. The first kappa shape index (κ1) is 15.6. The van der Waals surface area contributed by atoms with Crippen LogP contribution in [0.15, 0.2) is 48.3 Å². The van der Waals surface area contributed by atoms with Gasteiger partial charge in [0.2, 0.25) is 0 Å². The Hall–Kier alpha value is -1.50. The van der Waals surface area contributed by atoms with Gasteiger partial charge in [0.25, 0.3) is 0 Å². The molecule has 104 valence electrons. The molecule has 1 atom stereocenters. The summed E-state index contributed by atoms with van der Waals surface area (Å²) in [6.45, 7) is 15.3. The Bertz CT molecular complexity index is 470. The highest BCUT2D eigenvalue weighted by atomic mass is 16.5. The summed E-state index contributed by atoms with van der Waals surface area (Å²) in [5.41, 5.74) is 3.69. The van der Waals surface area contributed by atoms with Crippen molar-refractivity contribution in [2.45, 2.75) is 46.5 Å². The van der Waals surface area contributed by atoms with Gasteiger partial charge >= 0.3 is 0 Å². The lowest BCUT2D eigenvalue weighted by molar-refractivity contribution is 0.156. The highest BCUT2D eigenvalue weighted by molar-refractivity contribution is 5.40. The fourth-order valence-corrected chi connectivity index (χ4v) is 2.46. The predicted octanol–water partition coefficient (Wildman–Crippen LogP) is 5.16. The number of hydrogen-bond acceptors (Lipinski definition) is 1. The summed E-state index contributed by atoms with van der Waals surface area (Å²) in [6.07, 6.45) is 2.99. The van der Waals surface area contributed by atoms with Gasteiger partial charge in [0, 0.05) is 5.41 Å². The van der Waals surface area contributed by atoms with Gasteiger partial charge in [-0.15, -0.1) is 0 Å². The quantitative estimate of drug-likeness (QED) is 0.506. The zero-order valence-corrected chi connectivity index (χ0v) is 12.9. The van der Waals surface area contributed by atoms with E-state index < -0.39 is 0 Å². The van der Waals surface area contributed by atoms with E-state index in [1.165, 1.54) is 11.1 Å². The Kier molecular flexibility index (Phi) is 5.41. The molecule has 0 aliphatic rings. The van der Waals surface area contributed by atoms with Gasteiger partial charge in [0.1, 0.15) is 6.61 Å². The van der Waals surface area contributed by atoms with E-state index in [0.717, 1.165) is 17.8 Å². The molecule has 19 heavy (non-hydrogen) atoms. The van der Waals surface area contributed by atoms with Crippen LogP contribution in [0, 0.1) is 6.92 Å². The molecule has 0 aliphatic heterocycles. The molecule has 0 spiro atoms. The van der Waals surface area contributed by atoms with Crippen molar-refractivity contribution in [3.05, 3.63) is 59.4 Å². The minimum Gasteiger partial charge on any atom is -0.497 e.